The van der Waals surface area contributed by atoms with Gasteiger partial charge < -0.3 is 14.9 Å². The highest BCUT2D eigenvalue weighted by Gasteiger charge is 2.32. The molecule has 5 nitrogen and oxygen atoms in total. The van der Waals surface area contributed by atoms with Gasteiger partial charge in [0.1, 0.15) is 17.1 Å². The molecule has 1 aliphatic rings. The third kappa shape index (κ3) is 3.06. The highest BCUT2D eigenvalue weighted by atomic mass is 32.1. The summed E-state index contributed by atoms with van der Waals surface area (Å²) in [6, 6.07) is 1.79. The molecule has 3 N–H and O–H groups in total. The van der Waals surface area contributed by atoms with Crippen LogP contribution in [0.1, 0.15) is 41.3 Å². The number of hydrogen-bond donors (Lipinski definition) is 3. The zero-order chi connectivity index (χ0) is 17.5. The maximum atomic E-state index is 11.2. The second-order valence-electron chi connectivity index (χ2n) is 6.52. The van der Waals surface area contributed by atoms with Crippen molar-refractivity contribution in [3.63, 3.8) is 0 Å². The van der Waals surface area contributed by atoms with Gasteiger partial charge in [0.2, 0.25) is 5.88 Å². The molecule has 0 bridgehead atoms. The molecule has 2 aromatic rings. The first-order chi connectivity index (χ1) is 11.3. The molecule has 128 valence electrons. The summed E-state index contributed by atoms with van der Waals surface area (Å²) in [5.74, 6) is 1.08. The number of ether oxygens (including phenoxy) is 1. The van der Waals surface area contributed by atoms with Gasteiger partial charge in [-0.05, 0) is 62.4 Å². The Morgan fingerprint density at radius 2 is 2.12 bits per heavy atom. The van der Waals surface area contributed by atoms with Crippen LogP contribution in [-0.2, 0) is 6.42 Å². The molecule has 1 atom stereocenters. The molecular weight excluding hydrogens is 326 g/mol. The third-order valence-corrected chi connectivity index (χ3v) is 5.47. The SMILES string of the molecule is Cc1c(O)cc2c(c1C)OC(C)(C/C=C/c1sc(=O)[nH]c1O)CC2. The molecule has 0 fully saturated rings. The van der Waals surface area contributed by atoms with Crippen LogP contribution in [0.3, 0.4) is 0 Å². The van der Waals surface area contributed by atoms with Crippen molar-refractivity contribution >= 4 is 17.4 Å². The Bertz CT molecular complexity index is 865. The predicted octanol–water partition coefficient (Wildman–Crippen LogP) is 3.65. The van der Waals surface area contributed by atoms with Gasteiger partial charge in [0.05, 0.1) is 4.88 Å². The maximum Gasteiger partial charge on any atom is 0.307 e. The lowest BCUT2D eigenvalue weighted by Gasteiger charge is -2.36. The Balaban J connectivity index is 1.79. The van der Waals surface area contributed by atoms with E-state index in [1.165, 1.54) is 0 Å². The Hall–Kier alpha value is -2.21. The van der Waals surface area contributed by atoms with E-state index >= 15 is 0 Å². The summed E-state index contributed by atoms with van der Waals surface area (Å²) in [7, 11) is 0. The van der Waals surface area contributed by atoms with Crippen molar-refractivity contribution < 1.29 is 14.9 Å². The summed E-state index contributed by atoms with van der Waals surface area (Å²) in [6.07, 6.45) is 6.01. The Labute approximate surface area is 144 Å². The van der Waals surface area contributed by atoms with Crippen molar-refractivity contribution in [1.82, 2.24) is 4.98 Å². The minimum Gasteiger partial charge on any atom is -0.508 e. The van der Waals surface area contributed by atoms with Crippen LogP contribution >= 0.6 is 11.3 Å². The molecule has 0 radical (unpaired) electrons. The second-order valence-corrected chi connectivity index (χ2v) is 7.53. The van der Waals surface area contributed by atoms with Gasteiger partial charge in [-0.15, -0.1) is 0 Å². The molecule has 3 rings (SSSR count). The third-order valence-electron chi connectivity index (χ3n) is 4.64. The van der Waals surface area contributed by atoms with Crippen LogP contribution in [0.4, 0.5) is 0 Å². The molecule has 0 amide bonds. The lowest BCUT2D eigenvalue weighted by atomic mass is 9.88. The average molecular weight is 347 g/mol. The summed E-state index contributed by atoms with van der Waals surface area (Å²) in [6.45, 7) is 5.91. The van der Waals surface area contributed by atoms with Crippen LogP contribution in [-0.4, -0.2) is 20.8 Å². The van der Waals surface area contributed by atoms with Gasteiger partial charge in [0, 0.05) is 6.42 Å². The Kier molecular flexibility index (Phi) is 4.17. The summed E-state index contributed by atoms with van der Waals surface area (Å²) in [5, 5.41) is 19.6. The standard InChI is InChI=1S/C18H21NO4S/c1-10-11(2)15-12(9-13(10)20)6-8-18(3,23-15)7-4-5-14-16(21)19-17(22)24-14/h4-5,9,20-21H,6-8H2,1-3H3,(H,19,22)/b5-4+. The predicted molar refractivity (Wildman–Crippen MR) is 95.2 cm³/mol. The molecule has 1 aromatic carbocycles. The molecule has 24 heavy (non-hydrogen) atoms. The molecule has 2 heterocycles. The zero-order valence-electron chi connectivity index (χ0n) is 14.0. The van der Waals surface area contributed by atoms with Crippen molar-refractivity contribution in [2.75, 3.05) is 0 Å². The fourth-order valence-corrected chi connectivity index (χ4v) is 3.63. The van der Waals surface area contributed by atoms with Crippen molar-refractivity contribution in [1.29, 1.82) is 0 Å². The number of H-pyrrole nitrogens is 1. The van der Waals surface area contributed by atoms with Gasteiger partial charge in [-0.2, -0.15) is 0 Å². The molecule has 0 saturated carbocycles. The number of aryl methyl sites for hydroxylation is 1. The Morgan fingerprint density at radius 1 is 1.38 bits per heavy atom. The number of fused-ring (bicyclic) bond motifs is 1. The molecular formula is C18H21NO4S. The lowest BCUT2D eigenvalue weighted by molar-refractivity contribution is 0.0671. The number of benzene rings is 1. The molecule has 1 aliphatic heterocycles. The molecule has 0 spiro atoms. The van der Waals surface area contributed by atoms with Gasteiger partial charge in [-0.25, -0.2) is 0 Å². The van der Waals surface area contributed by atoms with Gasteiger partial charge in [-0.3, -0.25) is 9.78 Å². The first kappa shape index (κ1) is 16.6. The van der Waals surface area contributed by atoms with Gasteiger partial charge >= 0.3 is 4.87 Å². The van der Waals surface area contributed by atoms with Crippen LogP contribution in [0.15, 0.2) is 16.9 Å². The molecule has 0 aliphatic carbocycles. The fraction of sp³-hybridized carbons (Fsp3) is 0.389. The number of phenols is 1. The monoisotopic (exact) mass is 347 g/mol. The van der Waals surface area contributed by atoms with Gasteiger partial charge in [-0.1, -0.05) is 17.4 Å². The maximum absolute atomic E-state index is 11.2. The zero-order valence-corrected chi connectivity index (χ0v) is 14.8. The summed E-state index contributed by atoms with van der Waals surface area (Å²) >= 11 is 0.978. The molecule has 1 aromatic heterocycles. The van der Waals surface area contributed by atoms with E-state index in [-0.39, 0.29) is 16.4 Å². The number of nitrogens with one attached hydrogen (secondary N) is 1. The first-order valence-corrected chi connectivity index (χ1v) is 8.70. The van der Waals surface area contributed by atoms with Crippen LogP contribution < -0.4 is 9.61 Å². The summed E-state index contributed by atoms with van der Waals surface area (Å²) < 4.78 is 6.27. The van der Waals surface area contributed by atoms with E-state index in [0.717, 1.165) is 46.6 Å². The summed E-state index contributed by atoms with van der Waals surface area (Å²) in [4.78, 5) is 13.8. The van der Waals surface area contributed by atoms with E-state index in [4.69, 9.17) is 4.74 Å². The van der Waals surface area contributed by atoms with Crippen molar-refractivity contribution in [3.05, 3.63) is 43.4 Å². The number of thiazole rings is 1. The average Bonchev–Trinajstić information content (AvgIpc) is 2.84. The topological polar surface area (TPSA) is 82.5 Å². The van der Waals surface area contributed by atoms with Crippen LogP contribution in [0.5, 0.6) is 17.4 Å². The quantitative estimate of drug-likeness (QED) is 0.791. The molecule has 0 saturated heterocycles. The molecule has 6 heteroatoms. The normalized spacial score (nSPS) is 20.1. The van der Waals surface area contributed by atoms with Crippen LogP contribution in [0.25, 0.3) is 6.08 Å². The van der Waals surface area contributed by atoms with Crippen molar-refractivity contribution in [2.45, 2.75) is 45.6 Å². The highest BCUT2D eigenvalue weighted by molar-refractivity contribution is 7.10. The van der Waals surface area contributed by atoms with Crippen LogP contribution in [0, 0.1) is 13.8 Å². The van der Waals surface area contributed by atoms with Gasteiger partial charge in [0.15, 0.2) is 0 Å². The number of hydrogen-bond acceptors (Lipinski definition) is 5. The first-order valence-electron chi connectivity index (χ1n) is 7.89. The fourth-order valence-electron chi connectivity index (χ4n) is 2.97. The van der Waals surface area contributed by atoms with E-state index in [1.807, 2.05) is 19.9 Å². The summed E-state index contributed by atoms with van der Waals surface area (Å²) in [5.41, 5.74) is 2.50. The lowest BCUT2D eigenvalue weighted by Crippen LogP contribution is -2.36. The van der Waals surface area contributed by atoms with E-state index in [0.29, 0.717) is 17.0 Å². The van der Waals surface area contributed by atoms with E-state index in [9.17, 15) is 15.0 Å². The number of aromatic amines is 1. The number of phenolic OH excluding ortho intramolecular Hbond substituents is 1. The molecule has 1 unspecified atom stereocenters. The van der Waals surface area contributed by atoms with Gasteiger partial charge in [0.25, 0.3) is 0 Å². The minimum absolute atomic E-state index is 0.0942. The minimum atomic E-state index is -0.353. The number of aromatic nitrogens is 1. The van der Waals surface area contributed by atoms with Crippen LogP contribution in [0.2, 0.25) is 0 Å². The second kappa shape index (κ2) is 6.02. The Morgan fingerprint density at radius 3 is 2.79 bits per heavy atom. The van der Waals surface area contributed by atoms with E-state index < -0.39 is 0 Å². The van der Waals surface area contributed by atoms with E-state index in [1.54, 1.807) is 12.1 Å². The van der Waals surface area contributed by atoms with Crippen molar-refractivity contribution in [2.24, 2.45) is 0 Å². The van der Waals surface area contributed by atoms with Crippen molar-refractivity contribution in [3.8, 4) is 17.4 Å². The van der Waals surface area contributed by atoms with E-state index in [2.05, 4.69) is 11.9 Å². The largest absolute Gasteiger partial charge is 0.508 e. The highest BCUT2D eigenvalue weighted by Crippen LogP contribution is 2.41. The number of aromatic hydroxyl groups is 2. The smallest absolute Gasteiger partial charge is 0.307 e. The number of rotatable bonds is 3.